The molecule has 1 aromatic carbocycles. The highest BCUT2D eigenvalue weighted by Gasteiger charge is 2.20. The summed E-state index contributed by atoms with van der Waals surface area (Å²) < 4.78 is 0. The van der Waals surface area contributed by atoms with Crippen LogP contribution in [0.4, 0.5) is 0 Å². The maximum absolute atomic E-state index is 9.09. The molecular weight excluding hydrogens is 196 g/mol. The van der Waals surface area contributed by atoms with Crippen molar-refractivity contribution in [3.63, 3.8) is 0 Å². The van der Waals surface area contributed by atoms with Crippen LogP contribution in [0.25, 0.3) is 0 Å². The van der Waals surface area contributed by atoms with Gasteiger partial charge in [0.15, 0.2) is 0 Å². The number of hydrogen-bond acceptors (Lipinski definition) is 1. The normalized spacial score (nSPS) is 11.8. The summed E-state index contributed by atoms with van der Waals surface area (Å²) in [6, 6.07) is 6.77. The number of aryl methyl sites for hydroxylation is 2. The molecule has 0 spiro atoms. The van der Waals surface area contributed by atoms with E-state index in [1.165, 1.54) is 16.7 Å². The van der Waals surface area contributed by atoms with Gasteiger partial charge in [0.1, 0.15) is 0 Å². The lowest BCUT2D eigenvalue weighted by Gasteiger charge is -2.25. The zero-order valence-corrected chi connectivity index (χ0v) is 11.0. The van der Waals surface area contributed by atoms with Gasteiger partial charge in [-0.25, -0.2) is 0 Å². The van der Waals surface area contributed by atoms with Crippen molar-refractivity contribution in [1.82, 2.24) is 0 Å². The number of benzene rings is 1. The fourth-order valence-electron chi connectivity index (χ4n) is 2.14. The third-order valence-corrected chi connectivity index (χ3v) is 3.49. The molecule has 0 aliphatic rings. The molecule has 0 atom stereocenters. The molecule has 0 saturated carbocycles. The highest BCUT2D eigenvalue weighted by Crippen LogP contribution is 2.28. The number of aliphatic hydroxyl groups is 1. The standard InChI is InChI=1S/C15H24O/c1-5-12-7-8-14(11-13(12)6-2)15(3,4)9-10-16/h7-8,11,16H,5-6,9-10H2,1-4H3. The van der Waals surface area contributed by atoms with E-state index in [0.29, 0.717) is 0 Å². The third kappa shape index (κ3) is 2.85. The molecule has 16 heavy (non-hydrogen) atoms. The second-order valence-corrected chi connectivity index (χ2v) is 5.05. The van der Waals surface area contributed by atoms with Crippen LogP contribution in [0.2, 0.25) is 0 Å². The van der Waals surface area contributed by atoms with Gasteiger partial charge >= 0.3 is 0 Å². The van der Waals surface area contributed by atoms with Gasteiger partial charge in [0.2, 0.25) is 0 Å². The largest absolute Gasteiger partial charge is 0.396 e. The molecule has 1 aromatic rings. The second kappa shape index (κ2) is 5.49. The van der Waals surface area contributed by atoms with E-state index in [-0.39, 0.29) is 12.0 Å². The molecule has 90 valence electrons. The average Bonchev–Trinajstić information content (AvgIpc) is 2.28. The minimum Gasteiger partial charge on any atom is -0.396 e. The Hall–Kier alpha value is -0.820. The van der Waals surface area contributed by atoms with Crippen molar-refractivity contribution in [2.45, 2.75) is 52.4 Å². The SMILES string of the molecule is CCc1ccc(C(C)(C)CCO)cc1CC. The number of rotatable bonds is 5. The summed E-state index contributed by atoms with van der Waals surface area (Å²) >= 11 is 0. The average molecular weight is 220 g/mol. The summed E-state index contributed by atoms with van der Waals surface area (Å²) in [6.07, 6.45) is 3.01. The quantitative estimate of drug-likeness (QED) is 0.805. The minimum atomic E-state index is 0.0743. The lowest BCUT2D eigenvalue weighted by Crippen LogP contribution is -2.19. The molecule has 0 aromatic heterocycles. The summed E-state index contributed by atoms with van der Waals surface area (Å²) in [7, 11) is 0. The van der Waals surface area contributed by atoms with Crippen LogP contribution in [-0.4, -0.2) is 11.7 Å². The Morgan fingerprint density at radius 1 is 1.06 bits per heavy atom. The fourth-order valence-corrected chi connectivity index (χ4v) is 2.14. The van der Waals surface area contributed by atoms with Crippen molar-refractivity contribution >= 4 is 0 Å². The van der Waals surface area contributed by atoms with E-state index in [0.717, 1.165) is 19.3 Å². The van der Waals surface area contributed by atoms with Crippen molar-refractivity contribution in [3.05, 3.63) is 34.9 Å². The lowest BCUT2D eigenvalue weighted by molar-refractivity contribution is 0.252. The van der Waals surface area contributed by atoms with Crippen LogP contribution in [0, 0.1) is 0 Å². The van der Waals surface area contributed by atoms with Gasteiger partial charge < -0.3 is 5.11 Å². The van der Waals surface area contributed by atoms with E-state index < -0.39 is 0 Å². The maximum atomic E-state index is 9.09. The summed E-state index contributed by atoms with van der Waals surface area (Å²) in [4.78, 5) is 0. The summed E-state index contributed by atoms with van der Waals surface area (Å²) in [5, 5.41) is 9.09. The predicted molar refractivity (Wildman–Crippen MR) is 69.9 cm³/mol. The predicted octanol–water partition coefficient (Wildman–Crippen LogP) is 3.47. The highest BCUT2D eigenvalue weighted by atomic mass is 16.3. The number of hydrogen-bond donors (Lipinski definition) is 1. The van der Waals surface area contributed by atoms with Crippen molar-refractivity contribution in [2.24, 2.45) is 0 Å². The molecule has 0 unspecified atom stereocenters. The third-order valence-electron chi connectivity index (χ3n) is 3.49. The molecule has 1 N–H and O–H groups in total. The van der Waals surface area contributed by atoms with Crippen LogP contribution < -0.4 is 0 Å². The van der Waals surface area contributed by atoms with Crippen LogP contribution >= 0.6 is 0 Å². The van der Waals surface area contributed by atoms with Gasteiger partial charge in [0.25, 0.3) is 0 Å². The van der Waals surface area contributed by atoms with E-state index >= 15 is 0 Å². The second-order valence-electron chi connectivity index (χ2n) is 5.05. The van der Waals surface area contributed by atoms with Crippen molar-refractivity contribution in [1.29, 1.82) is 0 Å². The van der Waals surface area contributed by atoms with Crippen LogP contribution in [0.1, 0.15) is 50.8 Å². The Bertz CT molecular complexity index is 339. The Labute approximate surface area is 99.5 Å². The van der Waals surface area contributed by atoms with Crippen molar-refractivity contribution < 1.29 is 5.11 Å². The monoisotopic (exact) mass is 220 g/mol. The molecule has 0 amide bonds. The molecule has 1 heteroatoms. The first kappa shape index (κ1) is 13.2. The fraction of sp³-hybridized carbons (Fsp3) is 0.600. The Morgan fingerprint density at radius 2 is 1.69 bits per heavy atom. The van der Waals surface area contributed by atoms with E-state index in [1.807, 2.05) is 0 Å². The topological polar surface area (TPSA) is 20.2 Å². The Kier molecular flexibility index (Phi) is 4.55. The molecule has 0 bridgehead atoms. The molecule has 0 heterocycles. The van der Waals surface area contributed by atoms with Gasteiger partial charge in [-0.3, -0.25) is 0 Å². The van der Waals surface area contributed by atoms with Gasteiger partial charge in [-0.05, 0) is 41.4 Å². The van der Waals surface area contributed by atoms with Gasteiger partial charge in [-0.15, -0.1) is 0 Å². The molecular formula is C15H24O. The van der Waals surface area contributed by atoms with Gasteiger partial charge in [-0.2, -0.15) is 0 Å². The van der Waals surface area contributed by atoms with E-state index in [2.05, 4.69) is 45.9 Å². The summed E-state index contributed by atoms with van der Waals surface area (Å²) in [5.41, 5.74) is 4.32. The van der Waals surface area contributed by atoms with Crippen molar-refractivity contribution in [3.8, 4) is 0 Å². The summed E-state index contributed by atoms with van der Waals surface area (Å²) in [5.74, 6) is 0. The molecule has 0 fully saturated rings. The molecule has 0 saturated heterocycles. The number of aliphatic hydroxyl groups excluding tert-OH is 1. The first-order valence-corrected chi connectivity index (χ1v) is 6.28. The van der Waals surface area contributed by atoms with Crippen LogP contribution in [0.5, 0.6) is 0 Å². The Balaban J connectivity index is 3.07. The van der Waals surface area contributed by atoms with Crippen LogP contribution in [-0.2, 0) is 18.3 Å². The van der Waals surface area contributed by atoms with E-state index in [4.69, 9.17) is 5.11 Å². The molecule has 0 aliphatic carbocycles. The molecule has 1 nitrogen and oxygen atoms in total. The molecule has 0 radical (unpaired) electrons. The van der Waals surface area contributed by atoms with Crippen LogP contribution in [0.3, 0.4) is 0 Å². The molecule has 1 rings (SSSR count). The minimum absolute atomic E-state index is 0.0743. The zero-order chi connectivity index (χ0) is 12.2. The van der Waals surface area contributed by atoms with Gasteiger partial charge in [0.05, 0.1) is 0 Å². The smallest absolute Gasteiger partial charge is 0.0439 e. The van der Waals surface area contributed by atoms with Crippen molar-refractivity contribution in [2.75, 3.05) is 6.61 Å². The van der Waals surface area contributed by atoms with Crippen LogP contribution in [0.15, 0.2) is 18.2 Å². The first-order chi connectivity index (χ1) is 7.55. The van der Waals surface area contributed by atoms with Gasteiger partial charge in [-0.1, -0.05) is 45.9 Å². The van der Waals surface area contributed by atoms with Gasteiger partial charge in [0, 0.05) is 6.61 Å². The lowest BCUT2D eigenvalue weighted by atomic mass is 9.80. The maximum Gasteiger partial charge on any atom is 0.0439 e. The zero-order valence-electron chi connectivity index (χ0n) is 11.0. The summed E-state index contributed by atoms with van der Waals surface area (Å²) in [6.45, 7) is 9.06. The molecule has 0 aliphatic heterocycles. The highest BCUT2D eigenvalue weighted by molar-refractivity contribution is 5.35. The van der Waals surface area contributed by atoms with E-state index in [1.54, 1.807) is 0 Å². The Morgan fingerprint density at radius 3 is 2.19 bits per heavy atom. The first-order valence-electron chi connectivity index (χ1n) is 6.28. The van der Waals surface area contributed by atoms with E-state index in [9.17, 15) is 0 Å².